The second kappa shape index (κ2) is 3.99. The monoisotopic (exact) mass is 242 g/mol. The Morgan fingerprint density at radius 3 is 2.44 bits per heavy atom. The van der Waals surface area contributed by atoms with Crippen molar-refractivity contribution in [3.63, 3.8) is 0 Å². The predicted molar refractivity (Wildman–Crippen MR) is 74.7 cm³/mol. The molecule has 1 aromatic rings. The second-order valence-electron chi connectivity index (χ2n) is 6.40. The van der Waals surface area contributed by atoms with E-state index in [4.69, 9.17) is 0 Å². The first-order chi connectivity index (χ1) is 8.85. The van der Waals surface area contributed by atoms with E-state index in [0.29, 0.717) is 0 Å². The zero-order valence-corrected chi connectivity index (χ0v) is 11.0. The highest BCUT2D eigenvalue weighted by atomic mass is 15.1. The molecular weight excluding hydrogens is 220 g/mol. The van der Waals surface area contributed by atoms with Crippen LogP contribution in [0.1, 0.15) is 43.2 Å². The lowest BCUT2D eigenvalue weighted by Crippen LogP contribution is -2.43. The van der Waals surface area contributed by atoms with Gasteiger partial charge in [-0.2, -0.15) is 0 Å². The summed E-state index contributed by atoms with van der Waals surface area (Å²) in [6.45, 7) is 4.65. The fourth-order valence-corrected chi connectivity index (χ4v) is 3.89. The SMILES string of the molecule is c1cc2c(cc1N1CCC3(CCC3)CC1)CNC2. The highest BCUT2D eigenvalue weighted by Gasteiger charge is 2.39. The fraction of sp³-hybridized carbons (Fsp3) is 0.625. The molecule has 2 fully saturated rings. The molecule has 1 saturated heterocycles. The van der Waals surface area contributed by atoms with E-state index in [2.05, 4.69) is 28.4 Å². The number of hydrogen-bond donors (Lipinski definition) is 1. The summed E-state index contributed by atoms with van der Waals surface area (Å²) in [6.07, 6.45) is 7.30. The Morgan fingerprint density at radius 1 is 0.944 bits per heavy atom. The maximum Gasteiger partial charge on any atom is 0.0369 e. The molecule has 4 rings (SSSR count). The topological polar surface area (TPSA) is 15.3 Å². The molecule has 2 nitrogen and oxygen atoms in total. The number of piperidine rings is 1. The normalized spacial score (nSPS) is 25.0. The molecule has 18 heavy (non-hydrogen) atoms. The van der Waals surface area contributed by atoms with Crippen LogP contribution in [0.5, 0.6) is 0 Å². The van der Waals surface area contributed by atoms with Gasteiger partial charge in [-0.25, -0.2) is 0 Å². The smallest absolute Gasteiger partial charge is 0.0369 e. The predicted octanol–water partition coefficient (Wildman–Crippen LogP) is 3.06. The molecule has 0 aromatic heterocycles. The Balaban J connectivity index is 1.50. The lowest BCUT2D eigenvalue weighted by atomic mass is 9.63. The van der Waals surface area contributed by atoms with Crippen molar-refractivity contribution in [2.45, 2.75) is 45.2 Å². The Morgan fingerprint density at radius 2 is 1.72 bits per heavy atom. The third kappa shape index (κ3) is 1.66. The average molecular weight is 242 g/mol. The number of fused-ring (bicyclic) bond motifs is 1. The molecule has 2 aliphatic heterocycles. The molecule has 0 radical (unpaired) electrons. The van der Waals surface area contributed by atoms with Gasteiger partial charge in [-0.3, -0.25) is 0 Å². The summed E-state index contributed by atoms with van der Waals surface area (Å²) in [6, 6.07) is 7.05. The van der Waals surface area contributed by atoms with Crippen molar-refractivity contribution in [3.8, 4) is 0 Å². The molecule has 0 unspecified atom stereocenters. The second-order valence-corrected chi connectivity index (χ2v) is 6.40. The summed E-state index contributed by atoms with van der Waals surface area (Å²) in [5.41, 5.74) is 5.21. The van der Waals surface area contributed by atoms with Gasteiger partial charge in [-0.05, 0) is 54.4 Å². The van der Waals surface area contributed by atoms with E-state index >= 15 is 0 Å². The summed E-state index contributed by atoms with van der Waals surface area (Å²) >= 11 is 0. The number of nitrogens with one attached hydrogen (secondary N) is 1. The van der Waals surface area contributed by atoms with Gasteiger partial charge >= 0.3 is 0 Å². The van der Waals surface area contributed by atoms with E-state index in [1.54, 1.807) is 0 Å². The van der Waals surface area contributed by atoms with Crippen molar-refractivity contribution < 1.29 is 0 Å². The highest BCUT2D eigenvalue weighted by molar-refractivity contribution is 5.52. The van der Waals surface area contributed by atoms with Crippen molar-refractivity contribution >= 4 is 5.69 Å². The zero-order valence-electron chi connectivity index (χ0n) is 11.0. The maximum absolute atomic E-state index is 3.43. The number of rotatable bonds is 1. The third-order valence-corrected chi connectivity index (χ3v) is 5.42. The number of benzene rings is 1. The van der Waals surface area contributed by atoms with Crippen LogP contribution in [0.2, 0.25) is 0 Å². The van der Waals surface area contributed by atoms with E-state index < -0.39 is 0 Å². The Labute approximate surface area is 109 Å². The summed E-state index contributed by atoms with van der Waals surface area (Å²) < 4.78 is 0. The van der Waals surface area contributed by atoms with Gasteiger partial charge in [0.15, 0.2) is 0 Å². The van der Waals surface area contributed by atoms with Crippen LogP contribution in [0.25, 0.3) is 0 Å². The van der Waals surface area contributed by atoms with Gasteiger partial charge in [0.1, 0.15) is 0 Å². The molecule has 1 aromatic carbocycles. The average Bonchev–Trinajstić information content (AvgIpc) is 2.84. The van der Waals surface area contributed by atoms with Crippen LogP contribution in [0.3, 0.4) is 0 Å². The molecule has 0 bridgehead atoms. The highest BCUT2D eigenvalue weighted by Crippen LogP contribution is 2.49. The summed E-state index contributed by atoms with van der Waals surface area (Å²) in [5.74, 6) is 0. The fourth-order valence-electron chi connectivity index (χ4n) is 3.89. The lowest BCUT2D eigenvalue weighted by molar-refractivity contribution is 0.0955. The van der Waals surface area contributed by atoms with Crippen LogP contribution in [0.4, 0.5) is 5.69 Å². The van der Waals surface area contributed by atoms with Crippen molar-refractivity contribution in [1.29, 1.82) is 0 Å². The van der Waals surface area contributed by atoms with Crippen LogP contribution in [-0.2, 0) is 13.1 Å². The Hall–Kier alpha value is -1.02. The van der Waals surface area contributed by atoms with Crippen LogP contribution < -0.4 is 10.2 Å². The van der Waals surface area contributed by atoms with Gasteiger partial charge in [0.05, 0.1) is 0 Å². The summed E-state index contributed by atoms with van der Waals surface area (Å²) in [7, 11) is 0. The quantitative estimate of drug-likeness (QED) is 0.814. The van der Waals surface area contributed by atoms with Crippen LogP contribution in [-0.4, -0.2) is 13.1 Å². The minimum absolute atomic E-state index is 0.759. The molecule has 1 spiro atoms. The van der Waals surface area contributed by atoms with Crippen molar-refractivity contribution in [3.05, 3.63) is 29.3 Å². The summed E-state index contributed by atoms with van der Waals surface area (Å²) in [4.78, 5) is 2.60. The minimum atomic E-state index is 0.759. The maximum atomic E-state index is 3.43. The van der Waals surface area contributed by atoms with Gasteiger partial charge in [0.2, 0.25) is 0 Å². The first-order valence-corrected chi connectivity index (χ1v) is 7.42. The first-order valence-electron chi connectivity index (χ1n) is 7.42. The lowest BCUT2D eigenvalue weighted by Gasteiger charge is -2.48. The van der Waals surface area contributed by atoms with Gasteiger partial charge in [0, 0.05) is 31.9 Å². The molecule has 1 saturated carbocycles. The van der Waals surface area contributed by atoms with Crippen molar-refractivity contribution in [1.82, 2.24) is 5.32 Å². The number of nitrogens with zero attached hydrogens (tertiary/aromatic N) is 1. The van der Waals surface area contributed by atoms with E-state index in [-0.39, 0.29) is 0 Å². The van der Waals surface area contributed by atoms with Gasteiger partial charge in [-0.1, -0.05) is 12.5 Å². The van der Waals surface area contributed by atoms with Crippen LogP contribution in [0.15, 0.2) is 18.2 Å². The zero-order chi connectivity index (χ0) is 12.0. The Kier molecular flexibility index (Phi) is 2.41. The van der Waals surface area contributed by atoms with E-state index in [9.17, 15) is 0 Å². The molecule has 96 valence electrons. The van der Waals surface area contributed by atoms with E-state index in [1.807, 2.05) is 0 Å². The van der Waals surface area contributed by atoms with Crippen molar-refractivity contribution in [2.24, 2.45) is 5.41 Å². The van der Waals surface area contributed by atoms with E-state index in [0.717, 1.165) is 18.5 Å². The molecule has 0 amide bonds. The van der Waals surface area contributed by atoms with Gasteiger partial charge < -0.3 is 10.2 Å². The van der Waals surface area contributed by atoms with Crippen LogP contribution in [0, 0.1) is 5.41 Å². The molecule has 2 heterocycles. The first kappa shape index (κ1) is 10.9. The van der Waals surface area contributed by atoms with Gasteiger partial charge in [0.25, 0.3) is 0 Å². The molecular formula is C16H22N2. The van der Waals surface area contributed by atoms with E-state index in [1.165, 1.54) is 62.0 Å². The molecule has 3 aliphatic rings. The standard InChI is InChI=1S/C16H22N2/c1-4-16(5-1)6-8-18(9-7-16)15-3-2-13-11-17-12-14(13)10-15/h2-3,10,17H,1,4-9,11-12H2. The summed E-state index contributed by atoms with van der Waals surface area (Å²) in [5, 5.41) is 3.43. The molecule has 1 aliphatic carbocycles. The molecule has 0 atom stereocenters. The van der Waals surface area contributed by atoms with Crippen molar-refractivity contribution in [2.75, 3.05) is 18.0 Å². The molecule has 1 N–H and O–H groups in total. The van der Waals surface area contributed by atoms with Gasteiger partial charge in [-0.15, -0.1) is 0 Å². The minimum Gasteiger partial charge on any atom is -0.371 e. The third-order valence-electron chi connectivity index (χ3n) is 5.42. The number of hydrogen-bond acceptors (Lipinski definition) is 2. The van der Waals surface area contributed by atoms with Crippen LogP contribution >= 0.6 is 0 Å². The Bertz CT molecular complexity index is 452. The number of anilines is 1. The largest absolute Gasteiger partial charge is 0.371 e. The molecule has 2 heteroatoms.